The van der Waals surface area contributed by atoms with Gasteiger partial charge in [-0.05, 0) is 43.7 Å². The van der Waals surface area contributed by atoms with Gasteiger partial charge in [-0.2, -0.15) is 0 Å². The first-order valence-corrected chi connectivity index (χ1v) is 7.19. The maximum absolute atomic E-state index is 12.5. The van der Waals surface area contributed by atoms with Crippen LogP contribution in [-0.4, -0.2) is 5.91 Å². The van der Waals surface area contributed by atoms with Gasteiger partial charge in [-0.15, -0.1) is 0 Å². The van der Waals surface area contributed by atoms with Crippen LogP contribution in [0.1, 0.15) is 19.4 Å². The van der Waals surface area contributed by atoms with Crippen LogP contribution in [0, 0.1) is 0 Å². The monoisotopic (exact) mass is 322 g/mol. The van der Waals surface area contributed by atoms with Gasteiger partial charge in [0.25, 0.3) is 0 Å². The van der Waals surface area contributed by atoms with E-state index in [4.69, 9.17) is 28.9 Å². The van der Waals surface area contributed by atoms with Crippen LogP contribution in [0.4, 0.5) is 11.4 Å². The molecule has 0 unspecified atom stereocenters. The van der Waals surface area contributed by atoms with Crippen LogP contribution in [0.15, 0.2) is 42.5 Å². The molecule has 110 valence electrons. The zero-order valence-electron chi connectivity index (χ0n) is 11.8. The average Bonchev–Trinajstić information content (AvgIpc) is 2.44. The third-order valence-electron chi connectivity index (χ3n) is 3.40. The zero-order chi connectivity index (χ0) is 15.6. The molecule has 2 aromatic carbocycles. The number of hydrogen-bond acceptors (Lipinski definition) is 2. The quantitative estimate of drug-likeness (QED) is 0.818. The number of nitrogens with one attached hydrogen (secondary N) is 1. The Morgan fingerprint density at radius 3 is 2.33 bits per heavy atom. The van der Waals surface area contributed by atoms with Crippen molar-refractivity contribution in [3.8, 4) is 0 Å². The molecule has 0 aliphatic carbocycles. The molecule has 0 radical (unpaired) electrons. The number of halogens is 2. The molecule has 0 aliphatic rings. The molecule has 0 saturated carbocycles. The summed E-state index contributed by atoms with van der Waals surface area (Å²) < 4.78 is 0. The maximum atomic E-state index is 12.5. The molecule has 0 atom stereocenters. The number of amides is 1. The Morgan fingerprint density at radius 1 is 1.10 bits per heavy atom. The van der Waals surface area contributed by atoms with Crippen LogP contribution < -0.4 is 11.1 Å². The Balaban J connectivity index is 2.26. The standard InChI is InChI=1S/C16H16Cl2N2O/c1-16(2,10-6-8-11(19)9-7-10)15(21)20-13-5-3-4-12(17)14(13)18/h3-9H,19H2,1-2H3,(H,20,21). The van der Waals surface area contributed by atoms with Crippen molar-refractivity contribution in [2.75, 3.05) is 11.1 Å². The molecule has 2 aromatic rings. The van der Waals surface area contributed by atoms with Crippen LogP contribution in [-0.2, 0) is 10.2 Å². The highest BCUT2D eigenvalue weighted by atomic mass is 35.5. The molecule has 0 bridgehead atoms. The predicted octanol–water partition coefficient (Wildman–Crippen LogP) is 4.49. The Morgan fingerprint density at radius 2 is 1.71 bits per heavy atom. The van der Waals surface area contributed by atoms with Gasteiger partial charge >= 0.3 is 0 Å². The number of hydrogen-bond donors (Lipinski definition) is 2. The Bertz CT molecular complexity index is 666. The van der Waals surface area contributed by atoms with Crippen LogP contribution in [0.3, 0.4) is 0 Å². The summed E-state index contributed by atoms with van der Waals surface area (Å²) in [6.07, 6.45) is 0. The molecule has 0 saturated heterocycles. The molecule has 21 heavy (non-hydrogen) atoms. The second-order valence-electron chi connectivity index (χ2n) is 5.30. The van der Waals surface area contributed by atoms with Crippen molar-refractivity contribution in [1.82, 2.24) is 0 Å². The van der Waals surface area contributed by atoms with E-state index in [1.165, 1.54) is 0 Å². The van der Waals surface area contributed by atoms with Crippen LogP contribution in [0.25, 0.3) is 0 Å². The molecule has 0 aromatic heterocycles. The summed E-state index contributed by atoms with van der Waals surface area (Å²) in [7, 11) is 0. The molecule has 0 fully saturated rings. The smallest absolute Gasteiger partial charge is 0.234 e. The molecular formula is C16H16Cl2N2O. The fourth-order valence-corrected chi connectivity index (χ4v) is 2.26. The van der Waals surface area contributed by atoms with Gasteiger partial charge < -0.3 is 11.1 Å². The average molecular weight is 323 g/mol. The zero-order valence-corrected chi connectivity index (χ0v) is 13.3. The van der Waals surface area contributed by atoms with Gasteiger partial charge in [-0.1, -0.05) is 41.4 Å². The van der Waals surface area contributed by atoms with Crippen molar-refractivity contribution >= 4 is 40.5 Å². The number of carbonyl (C=O) groups is 1. The maximum Gasteiger partial charge on any atom is 0.234 e. The Kier molecular flexibility index (Phi) is 4.45. The number of anilines is 2. The van der Waals surface area contributed by atoms with E-state index in [1.54, 1.807) is 30.3 Å². The van der Waals surface area contributed by atoms with Crippen molar-refractivity contribution in [2.45, 2.75) is 19.3 Å². The lowest BCUT2D eigenvalue weighted by Gasteiger charge is -2.24. The van der Waals surface area contributed by atoms with E-state index in [0.29, 0.717) is 21.4 Å². The van der Waals surface area contributed by atoms with Gasteiger partial charge in [-0.25, -0.2) is 0 Å². The second kappa shape index (κ2) is 5.96. The summed E-state index contributed by atoms with van der Waals surface area (Å²) >= 11 is 12.0. The topological polar surface area (TPSA) is 55.1 Å². The summed E-state index contributed by atoms with van der Waals surface area (Å²) in [6.45, 7) is 3.68. The lowest BCUT2D eigenvalue weighted by atomic mass is 9.83. The van der Waals surface area contributed by atoms with Gasteiger partial charge in [0.05, 0.1) is 21.1 Å². The van der Waals surface area contributed by atoms with Gasteiger partial charge in [0.15, 0.2) is 0 Å². The minimum atomic E-state index is -0.723. The van der Waals surface area contributed by atoms with Crippen LogP contribution >= 0.6 is 23.2 Å². The highest BCUT2D eigenvalue weighted by Crippen LogP contribution is 2.32. The lowest BCUT2D eigenvalue weighted by molar-refractivity contribution is -0.120. The molecular weight excluding hydrogens is 307 g/mol. The van der Waals surface area contributed by atoms with Gasteiger partial charge in [0, 0.05) is 5.69 Å². The van der Waals surface area contributed by atoms with Crippen molar-refractivity contribution < 1.29 is 4.79 Å². The molecule has 0 aliphatic heterocycles. The number of nitrogen functional groups attached to an aromatic ring is 1. The number of carbonyl (C=O) groups excluding carboxylic acids is 1. The van der Waals surface area contributed by atoms with Crippen LogP contribution in [0.2, 0.25) is 10.0 Å². The minimum absolute atomic E-state index is 0.170. The number of benzene rings is 2. The molecule has 3 N–H and O–H groups in total. The normalized spacial score (nSPS) is 11.2. The first-order valence-electron chi connectivity index (χ1n) is 6.44. The van der Waals surface area contributed by atoms with E-state index in [-0.39, 0.29) is 5.91 Å². The van der Waals surface area contributed by atoms with E-state index in [1.807, 2.05) is 26.0 Å². The number of rotatable bonds is 3. The van der Waals surface area contributed by atoms with Crippen molar-refractivity contribution in [3.63, 3.8) is 0 Å². The molecule has 5 heteroatoms. The van der Waals surface area contributed by atoms with E-state index >= 15 is 0 Å². The summed E-state index contributed by atoms with van der Waals surface area (Å²) in [4.78, 5) is 12.5. The molecule has 0 heterocycles. The largest absolute Gasteiger partial charge is 0.399 e. The molecule has 2 rings (SSSR count). The van der Waals surface area contributed by atoms with Crippen molar-refractivity contribution in [2.24, 2.45) is 0 Å². The van der Waals surface area contributed by atoms with Gasteiger partial charge in [0.1, 0.15) is 0 Å². The summed E-state index contributed by atoms with van der Waals surface area (Å²) in [5, 5.41) is 3.55. The third-order valence-corrected chi connectivity index (χ3v) is 4.22. The van der Waals surface area contributed by atoms with Crippen molar-refractivity contribution in [3.05, 3.63) is 58.1 Å². The predicted molar refractivity (Wildman–Crippen MR) is 89.0 cm³/mol. The van der Waals surface area contributed by atoms with Gasteiger partial charge in [-0.3, -0.25) is 4.79 Å². The fourth-order valence-electron chi connectivity index (χ4n) is 1.91. The van der Waals surface area contributed by atoms with Crippen molar-refractivity contribution in [1.29, 1.82) is 0 Å². The molecule has 3 nitrogen and oxygen atoms in total. The second-order valence-corrected chi connectivity index (χ2v) is 6.09. The molecule has 1 amide bonds. The minimum Gasteiger partial charge on any atom is -0.399 e. The summed E-state index contributed by atoms with van der Waals surface area (Å²) in [5.41, 5.74) is 6.98. The van der Waals surface area contributed by atoms with E-state index in [0.717, 1.165) is 5.56 Å². The Hall–Kier alpha value is -1.71. The molecule has 0 spiro atoms. The van der Waals surface area contributed by atoms with E-state index in [2.05, 4.69) is 5.32 Å². The fraction of sp³-hybridized carbons (Fsp3) is 0.188. The highest BCUT2D eigenvalue weighted by molar-refractivity contribution is 6.44. The summed E-state index contributed by atoms with van der Waals surface area (Å²) in [6, 6.07) is 12.4. The summed E-state index contributed by atoms with van der Waals surface area (Å²) in [5.74, 6) is -0.170. The number of nitrogens with two attached hydrogens (primary N) is 1. The first kappa shape index (κ1) is 15.7. The van der Waals surface area contributed by atoms with Gasteiger partial charge in [0.2, 0.25) is 5.91 Å². The third kappa shape index (κ3) is 3.31. The Labute approximate surface area is 134 Å². The highest BCUT2D eigenvalue weighted by Gasteiger charge is 2.30. The van der Waals surface area contributed by atoms with E-state index in [9.17, 15) is 4.79 Å². The first-order chi connectivity index (χ1) is 9.82. The van der Waals surface area contributed by atoms with E-state index < -0.39 is 5.41 Å². The van der Waals surface area contributed by atoms with Crippen LogP contribution in [0.5, 0.6) is 0 Å². The SMILES string of the molecule is CC(C)(C(=O)Nc1cccc(Cl)c1Cl)c1ccc(N)cc1. The lowest BCUT2D eigenvalue weighted by Crippen LogP contribution is -2.34.